The van der Waals surface area contributed by atoms with Gasteiger partial charge in [-0.1, -0.05) is 44.5 Å². The number of unbranched alkanes of at least 4 members (excludes halogenated alkanes) is 1. The second kappa shape index (κ2) is 4.97. The zero-order valence-electron chi connectivity index (χ0n) is 7.84. The van der Waals surface area contributed by atoms with Crippen molar-refractivity contribution in [3.05, 3.63) is 42.3 Å². The molecule has 0 spiro atoms. The Morgan fingerprint density at radius 1 is 1.17 bits per heavy atom. The second-order valence-electron chi connectivity index (χ2n) is 3.08. The molecule has 1 radical (unpaired) electrons. The summed E-state index contributed by atoms with van der Waals surface area (Å²) in [6, 6.07) is 8.69. The topological polar surface area (TPSA) is 0 Å². The quantitative estimate of drug-likeness (QED) is 0.635. The summed E-state index contributed by atoms with van der Waals surface area (Å²) in [5, 5.41) is 0. The molecule has 0 heteroatoms. The van der Waals surface area contributed by atoms with Crippen LogP contribution in [0.15, 0.2) is 24.3 Å². The summed E-state index contributed by atoms with van der Waals surface area (Å²) in [5.41, 5.74) is 3.00. The lowest BCUT2D eigenvalue weighted by Crippen LogP contribution is -1.91. The van der Waals surface area contributed by atoms with E-state index in [0.29, 0.717) is 0 Å². The van der Waals surface area contributed by atoms with Gasteiger partial charge in [0.25, 0.3) is 0 Å². The molecule has 0 amide bonds. The minimum absolute atomic E-state index is 1.04. The van der Waals surface area contributed by atoms with Crippen molar-refractivity contribution in [2.45, 2.75) is 32.6 Å². The Bertz CT molecular complexity index is 225. The average Bonchev–Trinajstić information content (AvgIpc) is 2.15. The summed E-state index contributed by atoms with van der Waals surface area (Å²) < 4.78 is 0. The summed E-state index contributed by atoms with van der Waals surface area (Å²) in [6.45, 7) is 6.07. The SMILES string of the molecule is [CH2]CCCc1ccccc1CC. The molecule has 0 atom stereocenters. The van der Waals surface area contributed by atoms with Crippen LogP contribution in [0.3, 0.4) is 0 Å². The number of aryl methyl sites for hydroxylation is 2. The molecule has 0 bridgehead atoms. The molecule has 0 nitrogen and oxygen atoms in total. The van der Waals surface area contributed by atoms with Crippen LogP contribution in [0.1, 0.15) is 30.9 Å². The molecule has 0 aromatic heterocycles. The Labute approximate surface area is 75.6 Å². The fraction of sp³-hybridized carbons (Fsp3) is 0.417. The van der Waals surface area contributed by atoms with E-state index in [0.717, 1.165) is 12.8 Å². The van der Waals surface area contributed by atoms with E-state index in [2.05, 4.69) is 38.1 Å². The maximum Gasteiger partial charge on any atom is -0.0276 e. The van der Waals surface area contributed by atoms with Crippen molar-refractivity contribution in [3.8, 4) is 0 Å². The Morgan fingerprint density at radius 3 is 2.42 bits per heavy atom. The van der Waals surface area contributed by atoms with Gasteiger partial charge in [0.05, 0.1) is 0 Å². The first-order chi connectivity index (χ1) is 5.88. The highest BCUT2D eigenvalue weighted by molar-refractivity contribution is 5.26. The van der Waals surface area contributed by atoms with Crippen molar-refractivity contribution in [2.24, 2.45) is 0 Å². The molecular formula is C12H17. The Hall–Kier alpha value is -0.780. The maximum atomic E-state index is 3.86. The first kappa shape index (κ1) is 9.31. The van der Waals surface area contributed by atoms with Gasteiger partial charge in [0.2, 0.25) is 0 Å². The molecular weight excluding hydrogens is 144 g/mol. The molecule has 0 aliphatic rings. The average molecular weight is 161 g/mol. The van der Waals surface area contributed by atoms with Crippen LogP contribution < -0.4 is 0 Å². The van der Waals surface area contributed by atoms with E-state index >= 15 is 0 Å². The first-order valence-corrected chi connectivity index (χ1v) is 4.74. The van der Waals surface area contributed by atoms with Crippen LogP contribution >= 0.6 is 0 Å². The first-order valence-electron chi connectivity index (χ1n) is 4.74. The van der Waals surface area contributed by atoms with E-state index in [4.69, 9.17) is 0 Å². The van der Waals surface area contributed by atoms with Gasteiger partial charge in [0.1, 0.15) is 0 Å². The third kappa shape index (κ3) is 2.37. The van der Waals surface area contributed by atoms with Gasteiger partial charge in [-0.15, -0.1) is 0 Å². The maximum absolute atomic E-state index is 3.86. The molecule has 0 saturated carbocycles. The molecule has 12 heavy (non-hydrogen) atoms. The van der Waals surface area contributed by atoms with Crippen LogP contribution in [0.25, 0.3) is 0 Å². The van der Waals surface area contributed by atoms with Crippen molar-refractivity contribution in [2.75, 3.05) is 0 Å². The number of hydrogen-bond acceptors (Lipinski definition) is 0. The van der Waals surface area contributed by atoms with Crippen LogP contribution in [0, 0.1) is 6.92 Å². The molecule has 0 aliphatic heterocycles. The zero-order valence-corrected chi connectivity index (χ0v) is 7.84. The molecule has 0 fully saturated rings. The second-order valence-corrected chi connectivity index (χ2v) is 3.08. The largest absolute Gasteiger partial charge is 0.0620 e. The van der Waals surface area contributed by atoms with Crippen LogP contribution in [0.4, 0.5) is 0 Å². The van der Waals surface area contributed by atoms with Gasteiger partial charge in [0, 0.05) is 0 Å². The molecule has 1 aromatic rings. The smallest absolute Gasteiger partial charge is 0.0276 e. The molecule has 0 unspecified atom stereocenters. The normalized spacial score (nSPS) is 10.2. The van der Waals surface area contributed by atoms with Gasteiger partial charge in [-0.2, -0.15) is 0 Å². The van der Waals surface area contributed by atoms with E-state index in [-0.39, 0.29) is 0 Å². The van der Waals surface area contributed by atoms with E-state index in [1.165, 1.54) is 24.0 Å². The van der Waals surface area contributed by atoms with E-state index < -0.39 is 0 Å². The zero-order chi connectivity index (χ0) is 8.81. The molecule has 0 aliphatic carbocycles. The lowest BCUT2D eigenvalue weighted by atomic mass is 10.0. The third-order valence-electron chi connectivity index (χ3n) is 2.20. The fourth-order valence-electron chi connectivity index (χ4n) is 1.46. The lowest BCUT2D eigenvalue weighted by Gasteiger charge is -2.05. The minimum atomic E-state index is 1.04. The van der Waals surface area contributed by atoms with Crippen LogP contribution in [0.2, 0.25) is 0 Å². The number of rotatable bonds is 4. The van der Waals surface area contributed by atoms with Gasteiger partial charge in [0.15, 0.2) is 0 Å². The van der Waals surface area contributed by atoms with Crippen LogP contribution in [0.5, 0.6) is 0 Å². The summed E-state index contributed by atoms with van der Waals surface area (Å²) in [4.78, 5) is 0. The molecule has 0 N–H and O–H groups in total. The molecule has 65 valence electrons. The van der Waals surface area contributed by atoms with Gasteiger partial charge < -0.3 is 0 Å². The Balaban J connectivity index is 2.68. The van der Waals surface area contributed by atoms with Gasteiger partial charge in [-0.3, -0.25) is 0 Å². The minimum Gasteiger partial charge on any atom is -0.0620 e. The van der Waals surface area contributed by atoms with Gasteiger partial charge in [-0.25, -0.2) is 0 Å². The third-order valence-corrected chi connectivity index (χ3v) is 2.20. The summed E-state index contributed by atoms with van der Waals surface area (Å²) >= 11 is 0. The van der Waals surface area contributed by atoms with Crippen molar-refractivity contribution >= 4 is 0 Å². The van der Waals surface area contributed by atoms with Gasteiger partial charge >= 0.3 is 0 Å². The Morgan fingerprint density at radius 2 is 1.83 bits per heavy atom. The molecule has 0 heterocycles. The van der Waals surface area contributed by atoms with Crippen molar-refractivity contribution in [1.82, 2.24) is 0 Å². The van der Waals surface area contributed by atoms with Crippen molar-refractivity contribution in [1.29, 1.82) is 0 Å². The Kier molecular flexibility index (Phi) is 3.86. The van der Waals surface area contributed by atoms with E-state index in [1.807, 2.05) is 0 Å². The molecule has 0 saturated heterocycles. The highest BCUT2D eigenvalue weighted by Crippen LogP contribution is 2.12. The molecule has 1 rings (SSSR count). The van der Waals surface area contributed by atoms with Crippen molar-refractivity contribution < 1.29 is 0 Å². The van der Waals surface area contributed by atoms with E-state index in [9.17, 15) is 0 Å². The molecule has 1 aromatic carbocycles. The van der Waals surface area contributed by atoms with Crippen molar-refractivity contribution in [3.63, 3.8) is 0 Å². The monoisotopic (exact) mass is 161 g/mol. The lowest BCUT2D eigenvalue weighted by molar-refractivity contribution is 0.829. The standard InChI is InChI=1S/C12H17/c1-3-5-8-12-10-7-6-9-11(12)4-2/h6-7,9-10H,1,3-5,8H2,2H3. The van der Waals surface area contributed by atoms with E-state index in [1.54, 1.807) is 0 Å². The van der Waals surface area contributed by atoms with Crippen LogP contribution in [-0.4, -0.2) is 0 Å². The number of hydrogen-bond donors (Lipinski definition) is 0. The van der Waals surface area contributed by atoms with Gasteiger partial charge in [-0.05, 0) is 30.4 Å². The summed E-state index contributed by atoms with van der Waals surface area (Å²) in [7, 11) is 0. The number of benzene rings is 1. The summed E-state index contributed by atoms with van der Waals surface area (Å²) in [5.74, 6) is 0. The highest BCUT2D eigenvalue weighted by atomic mass is 14.0. The summed E-state index contributed by atoms with van der Waals surface area (Å²) in [6.07, 6.45) is 4.58. The highest BCUT2D eigenvalue weighted by Gasteiger charge is 1.97. The predicted molar refractivity (Wildman–Crippen MR) is 54.1 cm³/mol. The van der Waals surface area contributed by atoms with Crippen LogP contribution in [-0.2, 0) is 12.8 Å². The fourth-order valence-corrected chi connectivity index (χ4v) is 1.46. The predicted octanol–water partition coefficient (Wildman–Crippen LogP) is 3.41.